The lowest BCUT2D eigenvalue weighted by Gasteiger charge is -2.28. The minimum Gasteiger partial charge on any atom is -0.480 e. The van der Waals surface area contributed by atoms with Gasteiger partial charge < -0.3 is 69.3 Å². The molecule has 61 heavy (non-hydrogen) atoms. The van der Waals surface area contributed by atoms with E-state index in [1.807, 2.05) is 19.2 Å². The zero-order valence-corrected chi connectivity index (χ0v) is 36.8. The van der Waals surface area contributed by atoms with Crippen molar-refractivity contribution in [2.45, 2.75) is 122 Å². The van der Waals surface area contributed by atoms with Crippen LogP contribution in [-0.2, 0) is 47.9 Å². The summed E-state index contributed by atoms with van der Waals surface area (Å²) in [6.07, 6.45) is 1.46. The Balaban J connectivity index is 5.85. The first kappa shape index (κ1) is 55.9. The lowest BCUT2D eigenvalue weighted by Crippen LogP contribution is -2.61. The predicted molar refractivity (Wildman–Crippen MR) is 223 cm³/mol. The topological polar surface area (TPSA) is 380 Å². The summed E-state index contributed by atoms with van der Waals surface area (Å²) in [5.41, 5.74) is 11.2. The van der Waals surface area contributed by atoms with E-state index in [0.717, 1.165) is 0 Å². The van der Waals surface area contributed by atoms with Gasteiger partial charge in [-0.2, -0.15) is 11.8 Å². The maximum atomic E-state index is 13.4. The number of carbonyl (C=O) groups excluding carboxylic acids is 9. The second-order valence-electron chi connectivity index (χ2n) is 15.4. The number of aliphatic hydroxyl groups is 2. The summed E-state index contributed by atoms with van der Waals surface area (Å²) in [5, 5.41) is 47.2. The molecule has 0 heterocycles. The highest BCUT2D eigenvalue weighted by Crippen LogP contribution is 2.10. The van der Waals surface area contributed by atoms with Crippen LogP contribution < -0.4 is 54.0 Å². The Bertz CT molecular complexity index is 1530. The molecule has 0 rings (SSSR count). The van der Waals surface area contributed by atoms with Gasteiger partial charge in [0.15, 0.2) is 0 Å². The van der Waals surface area contributed by atoms with E-state index in [4.69, 9.17) is 21.7 Å². The van der Waals surface area contributed by atoms with Crippen molar-refractivity contribution in [3.8, 4) is 0 Å². The molecule has 0 aliphatic rings. The van der Waals surface area contributed by atoms with E-state index in [9.17, 15) is 53.1 Å². The van der Waals surface area contributed by atoms with Crippen molar-refractivity contribution in [3.05, 3.63) is 0 Å². The molecule has 23 nitrogen and oxygen atoms in total. The van der Waals surface area contributed by atoms with Gasteiger partial charge in [0.25, 0.3) is 0 Å². The molecule has 0 bridgehead atoms. The first-order valence-corrected chi connectivity index (χ1v) is 21.2. The second-order valence-corrected chi connectivity index (χ2v) is 16.4. The predicted octanol–water partition coefficient (Wildman–Crippen LogP) is -4.71. The van der Waals surface area contributed by atoms with Crippen molar-refractivity contribution in [3.63, 3.8) is 0 Å². The molecular weight excluding hydrogens is 825 g/mol. The fraction of sp³-hybridized carbons (Fsp3) is 0.730. The van der Waals surface area contributed by atoms with E-state index < -0.39 is 140 Å². The van der Waals surface area contributed by atoms with Gasteiger partial charge in [0.2, 0.25) is 53.2 Å². The molecule has 0 aliphatic heterocycles. The molecular formula is C37H66N10O13S. The van der Waals surface area contributed by atoms with Crippen LogP contribution in [0.2, 0.25) is 0 Å². The quantitative estimate of drug-likeness (QED) is 0.0336. The first-order chi connectivity index (χ1) is 28.4. The molecule has 0 unspecified atom stereocenters. The summed E-state index contributed by atoms with van der Waals surface area (Å²) < 4.78 is 0. The summed E-state index contributed by atoms with van der Waals surface area (Å²) in [6, 6.07) is -10.5. The van der Waals surface area contributed by atoms with Gasteiger partial charge in [0.1, 0.15) is 42.3 Å². The van der Waals surface area contributed by atoms with Crippen LogP contribution in [0.3, 0.4) is 0 Å². The van der Waals surface area contributed by atoms with Crippen molar-refractivity contribution in [1.82, 2.24) is 42.5 Å². The van der Waals surface area contributed by atoms with Gasteiger partial charge in [-0.25, -0.2) is 4.79 Å². The van der Waals surface area contributed by atoms with Crippen LogP contribution in [0.25, 0.3) is 0 Å². The van der Waals surface area contributed by atoms with Gasteiger partial charge >= 0.3 is 5.97 Å². The zero-order valence-electron chi connectivity index (χ0n) is 36.0. The van der Waals surface area contributed by atoms with E-state index in [2.05, 4.69) is 37.2 Å². The first-order valence-electron chi connectivity index (χ1n) is 19.8. The van der Waals surface area contributed by atoms with Gasteiger partial charge in [-0.15, -0.1) is 0 Å². The number of primary amides is 1. The van der Waals surface area contributed by atoms with Crippen molar-refractivity contribution in [2.75, 3.05) is 31.8 Å². The molecule has 0 aliphatic carbocycles. The summed E-state index contributed by atoms with van der Waals surface area (Å²) >= 11 is 1.40. The molecule has 15 N–H and O–H groups in total. The Morgan fingerprint density at radius 1 is 0.574 bits per heavy atom. The third-order valence-corrected chi connectivity index (χ3v) is 9.61. The average molecular weight is 891 g/mol. The molecule has 0 saturated carbocycles. The van der Waals surface area contributed by atoms with Crippen LogP contribution in [0.1, 0.15) is 74.1 Å². The molecule has 0 spiro atoms. The summed E-state index contributed by atoms with van der Waals surface area (Å²) in [7, 11) is 0. The van der Waals surface area contributed by atoms with Crippen LogP contribution in [-0.4, -0.2) is 155 Å². The van der Waals surface area contributed by atoms with Crippen LogP contribution >= 0.6 is 11.8 Å². The fourth-order valence-electron chi connectivity index (χ4n) is 5.25. The monoisotopic (exact) mass is 890 g/mol. The smallest absolute Gasteiger partial charge is 0.328 e. The molecule has 9 amide bonds. The van der Waals surface area contributed by atoms with Crippen LogP contribution in [0, 0.1) is 17.8 Å². The molecule has 0 saturated heterocycles. The minimum atomic E-state index is -1.65. The molecule has 0 aromatic rings. The van der Waals surface area contributed by atoms with Crippen molar-refractivity contribution in [1.29, 1.82) is 0 Å². The third-order valence-electron chi connectivity index (χ3n) is 8.97. The Kier molecular flexibility index (Phi) is 26.1. The minimum absolute atomic E-state index is 0.0187. The number of aliphatic carboxylic acids is 1. The van der Waals surface area contributed by atoms with Gasteiger partial charge in [-0.3, -0.25) is 43.2 Å². The number of thioether (sulfide) groups is 1. The molecule has 348 valence electrons. The number of hydrogen-bond donors (Lipinski definition) is 13. The maximum absolute atomic E-state index is 13.4. The Labute approximate surface area is 359 Å². The van der Waals surface area contributed by atoms with Gasteiger partial charge in [-0.05, 0) is 55.9 Å². The summed E-state index contributed by atoms with van der Waals surface area (Å²) in [4.78, 5) is 127. The Morgan fingerprint density at radius 2 is 1.08 bits per heavy atom. The normalized spacial score (nSPS) is 15.1. The van der Waals surface area contributed by atoms with Crippen LogP contribution in [0.5, 0.6) is 0 Å². The van der Waals surface area contributed by atoms with E-state index >= 15 is 0 Å². The molecule has 24 heteroatoms. The number of carboxylic acids is 1. The highest BCUT2D eigenvalue weighted by molar-refractivity contribution is 7.98. The Hall–Kier alpha value is -5.07. The number of amides is 9. The fourth-order valence-corrected chi connectivity index (χ4v) is 5.72. The summed E-state index contributed by atoms with van der Waals surface area (Å²) in [5.74, 6) is -9.58. The number of nitrogens with two attached hydrogens (primary N) is 2. The van der Waals surface area contributed by atoms with Crippen molar-refractivity contribution >= 4 is 70.9 Å². The number of carbonyl (C=O) groups is 10. The summed E-state index contributed by atoms with van der Waals surface area (Å²) in [6.45, 7) is 8.93. The SMILES string of the molecule is CSCC[C@H](NC(=O)[C@H](CC(C)C)NC(=O)[C@@H](N)C(C)C)C(=O)N[C@@H](C)C(=O)N[C@@H](CO)C(=O)N[C@H](C(=O)N[C@@H](CCC(N)=O)C(=O)NCC(=O)N[C@@H](CO)C(=O)O)C(C)C. The van der Waals surface area contributed by atoms with E-state index in [1.165, 1.54) is 32.5 Å². The van der Waals surface area contributed by atoms with E-state index in [1.54, 1.807) is 20.1 Å². The molecule has 0 radical (unpaired) electrons. The number of aliphatic hydroxyl groups excluding tert-OH is 2. The highest BCUT2D eigenvalue weighted by Gasteiger charge is 2.34. The number of carboxylic acid groups (broad SMARTS) is 1. The van der Waals surface area contributed by atoms with Gasteiger partial charge in [0, 0.05) is 6.42 Å². The highest BCUT2D eigenvalue weighted by atomic mass is 32.2. The van der Waals surface area contributed by atoms with Crippen LogP contribution in [0.15, 0.2) is 0 Å². The molecule has 8 atom stereocenters. The van der Waals surface area contributed by atoms with Crippen molar-refractivity contribution < 1.29 is 63.3 Å². The lowest BCUT2D eigenvalue weighted by atomic mass is 10.00. The largest absolute Gasteiger partial charge is 0.480 e. The maximum Gasteiger partial charge on any atom is 0.328 e. The van der Waals surface area contributed by atoms with Gasteiger partial charge in [0.05, 0.1) is 25.8 Å². The van der Waals surface area contributed by atoms with Gasteiger partial charge in [-0.1, -0.05) is 41.5 Å². The number of hydrogen-bond acceptors (Lipinski definition) is 14. The van der Waals surface area contributed by atoms with Crippen LogP contribution in [0.4, 0.5) is 0 Å². The molecule has 0 aromatic heterocycles. The standard InChI is InChI=1S/C37H66N10O13S/c1-17(2)13-23(45-35(57)28(39)18(3)4)33(55)43-22(11-12-61-8)32(54)41-20(7)30(52)46-24(15-48)34(56)47-29(19(5)6)36(58)44-21(9-10-26(38)50)31(53)40-14-27(51)42-25(16-49)37(59)60/h17-25,28-29,48-49H,9-16,39H2,1-8H3,(H2,38,50)(H,40,53)(H,41,54)(H,42,51)(H,43,55)(H,44,58)(H,45,57)(H,46,52)(H,47,56)(H,59,60)/t20-,21-,22-,23-,24-,25-,28-,29-/m0/s1. The third kappa shape index (κ3) is 21.3. The van der Waals surface area contributed by atoms with E-state index in [0.29, 0.717) is 5.75 Å². The van der Waals surface area contributed by atoms with E-state index in [-0.39, 0.29) is 31.1 Å². The lowest BCUT2D eigenvalue weighted by molar-refractivity contribution is -0.143. The zero-order chi connectivity index (χ0) is 47.1. The Morgan fingerprint density at radius 3 is 1.57 bits per heavy atom. The molecule has 0 fully saturated rings. The molecule has 0 aromatic carbocycles. The van der Waals surface area contributed by atoms with Crippen molar-refractivity contribution in [2.24, 2.45) is 29.2 Å². The number of nitrogens with one attached hydrogen (secondary N) is 8. The number of rotatable bonds is 29. The average Bonchev–Trinajstić information content (AvgIpc) is 3.18. The second kappa shape index (κ2) is 28.5.